The highest BCUT2D eigenvalue weighted by Gasteiger charge is 2.10. The third kappa shape index (κ3) is 4.77. The van der Waals surface area contributed by atoms with Crippen molar-refractivity contribution >= 4 is 0 Å². The van der Waals surface area contributed by atoms with Gasteiger partial charge >= 0.3 is 0 Å². The molecule has 1 atom stereocenters. The lowest BCUT2D eigenvalue weighted by Crippen LogP contribution is -2.00. The third-order valence-corrected chi connectivity index (χ3v) is 3.02. The summed E-state index contributed by atoms with van der Waals surface area (Å²) in [7, 11) is 0. The van der Waals surface area contributed by atoms with Crippen molar-refractivity contribution in [1.29, 1.82) is 0 Å². The Morgan fingerprint density at radius 3 is 2.06 bits per heavy atom. The molecule has 1 aromatic carbocycles. The molecule has 1 aromatic rings. The van der Waals surface area contributed by atoms with Crippen molar-refractivity contribution in [3.8, 4) is 0 Å². The molecule has 0 nitrogen and oxygen atoms in total. The van der Waals surface area contributed by atoms with Gasteiger partial charge in [-0.3, -0.25) is 0 Å². The first kappa shape index (κ1) is 18.3. The van der Waals surface area contributed by atoms with Crippen LogP contribution in [0.4, 0.5) is 0 Å². The average molecular weight is 234 g/mol. The number of rotatable bonds is 3. The van der Waals surface area contributed by atoms with Crippen LogP contribution in [-0.2, 0) is 0 Å². The number of hydrogen-bond donors (Lipinski definition) is 0. The first-order chi connectivity index (χ1) is 7.57. The highest BCUT2D eigenvalue weighted by atomic mass is 14.2. The van der Waals surface area contributed by atoms with E-state index in [9.17, 15) is 0 Å². The van der Waals surface area contributed by atoms with Gasteiger partial charge in [0.05, 0.1) is 0 Å². The van der Waals surface area contributed by atoms with Crippen molar-refractivity contribution in [3.63, 3.8) is 0 Å². The van der Waals surface area contributed by atoms with Crippen molar-refractivity contribution in [3.05, 3.63) is 47.0 Å². The summed E-state index contributed by atoms with van der Waals surface area (Å²) in [5.41, 5.74) is 5.74. The van der Waals surface area contributed by atoms with Crippen LogP contribution in [0.25, 0.3) is 0 Å². The van der Waals surface area contributed by atoms with Gasteiger partial charge < -0.3 is 0 Å². The summed E-state index contributed by atoms with van der Waals surface area (Å²) in [6.45, 7) is 16.7. The normalized spacial score (nSPS) is 10.7. The molecule has 0 radical (unpaired) electrons. The molecule has 0 aliphatic carbocycles. The van der Waals surface area contributed by atoms with E-state index in [1.54, 1.807) is 0 Å². The third-order valence-electron chi connectivity index (χ3n) is 3.02. The Morgan fingerprint density at radius 2 is 1.59 bits per heavy atom. The van der Waals surface area contributed by atoms with E-state index in [4.69, 9.17) is 0 Å². The molecule has 0 aromatic heterocycles. The molecule has 98 valence electrons. The molecule has 0 amide bonds. The highest BCUT2D eigenvalue weighted by molar-refractivity contribution is 5.41. The molecule has 0 heterocycles. The molecular formula is C17H30. The van der Waals surface area contributed by atoms with Crippen LogP contribution in [0.15, 0.2) is 24.8 Å². The zero-order valence-electron chi connectivity index (χ0n) is 11.7. The first-order valence-electron chi connectivity index (χ1n) is 6.25. The van der Waals surface area contributed by atoms with Gasteiger partial charge in [0, 0.05) is 0 Å². The van der Waals surface area contributed by atoms with Gasteiger partial charge in [-0.25, -0.2) is 0 Å². The van der Waals surface area contributed by atoms with E-state index < -0.39 is 0 Å². The van der Waals surface area contributed by atoms with Gasteiger partial charge in [0.15, 0.2) is 0 Å². The maximum absolute atomic E-state index is 3.81. The second-order valence-corrected chi connectivity index (χ2v) is 4.16. The van der Waals surface area contributed by atoms with E-state index >= 15 is 0 Å². The Bertz CT molecular complexity index is 334. The van der Waals surface area contributed by atoms with Crippen LogP contribution in [0.3, 0.4) is 0 Å². The summed E-state index contributed by atoms with van der Waals surface area (Å²) in [5, 5.41) is 0. The summed E-state index contributed by atoms with van der Waals surface area (Å²) in [6.07, 6.45) is 3.07. The second-order valence-electron chi connectivity index (χ2n) is 4.16. The van der Waals surface area contributed by atoms with Crippen molar-refractivity contribution in [1.82, 2.24) is 0 Å². The molecule has 0 fully saturated rings. The molecule has 0 aliphatic heterocycles. The standard InChI is InChI=1S/C14H20.C2H6.CH4/c1-6-7-11(3)14-12(4)9-8-10(2)13(14)5;1-2;/h6,8-9,11H,1,7H2,2-5H3;1-2H3;1H4. The summed E-state index contributed by atoms with van der Waals surface area (Å²) >= 11 is 0. The van der Waals surface area contributed by atoms with E-state index in [1.807, 2.05) is 19.9 Å². The second kappa shape index (κ2) is 9.04. The molecule has 0 N–H and O–H groups in total. The van der Waals surface area contributed by atoms with Crippen LogP contribution in [0.5, 0.6) is 0 Å². The molecule has 0 bridgehead atoms. The molecule has 17 heavy (non-hydrogen) atoms. The maximum atomic E-state index is 3.81. The summed E-state index contributed by atoms with van der Waals surface area (Å²) in [6, 6.07) is 4.42. The summed E-state index contributed by atoms with van der Waals surface area (Å²) in [5.74, 6) is 0.590. The van der Waals surface area contributed by atoms with Crippen LogP contribution in [-0.4, -0.2) is 0 Å². The maximum Gasteiger partial charge on any atom is -0.0151 e. The molecule has 0 spiro atoms. The van der Waals surface area contributed by atoms with Crippen LogP contribution in [0, 0.1) is 20.8 Å². The van der Waals surface area contributed by atoms with Crippen LogP contribution in [0.2, 0.25) is 0 Å². The lowest BCUT2D eigenvalue weighted by molar-refractivity contribution is 0.766. The van der Waals surface area contributed by atoms with Gasteiger partial charge in [-0.05, 0) is 55.4 Å². The van der Waals surface area contributed by atoms with Gasteiger partial charge in [0.1, 0.15) is 0 Å². The lowest BCUT2D eigenvalue weighted by Gasteiger charge is -2.17. The van der Waals surface area contributed by atoms with Crippen LogP contribution < -0.4 is 0 Å². The minimum atomic E-state index is 0. The number of allylic oxidation sites excluding steroid dienone is 1. The lowest BCUT2D eigenvalue weighted by atomic mass is 9.88. The van der Waals surface area contributed by atoms with Gasteiger partial charge in [-0.2, -0.15) is 0 Å². The fourth-order valence-electron chi connectivity index (χ4n) is 2.10. The first-order valence-corrected chi connectivity index (χ1v) is 6.25. The van der Waals surface area contributed by atoms with Crippen LogP contribution in [0.1, 0.15) is 62.8 Å². The zero-order valence-corrected chi connectivity index (χ0v) is 11.7. The molecule has 0 saturated carbocycles. The Labute approximate surface area is 109 Å². The number of hydrogen-bond acceptors (Lipinski definition) is 0. The van der Waals surface area contributed by atoms with E-state index in [1.165, 1.54) is 22.3 Å². The van der Waals surface area contributed by atoms with E-state index in [-0.39, 0.29) is 7.43 Å². The van der Waals surface area contributed by atoms with Gasteiger partial charge in [0.25, 0.3) is 0 Å². The van der Waals surface area contributed by atoms with E-state index in [0.717, 1.165) is 6.42 Å². The largest absolute Gasteiger partial charge is 0.103 e. The van der Waals surface area contributed by atoms with Gasteiger partial charge in [0.2, 0.25) is 0 Å². The quantitative estimate of drug-likeness (QED) is 0.567. The number of benzene rings is 1. The predicted molar refractivity (Wildman–Crippen MR) is 82.0 cm³/mol. The molecular weight excluding hydrogens is 204 g/mol. The predicted octanol–water partition coefficient (Wildman–Crippen LogP) is 5.95. The molecule has 0 heteroatoms. The average Bonchev–Trinajstić information content (AvgIpc) is 2.27. The SMILES string of the molecule is C.C=CCC(C)c1c(C)ccc(C)c1C.CC. The Balaban J connectivity index is 0. The monoisotopic (exact) mass is 234 g/mol. The zero-order chi connectivity index (χ0) is 12.7. The highest BCUT2D eigenvalue weighted by Crippen LogP contribution is 2.28. The van der Waals surface area contributed by atoms with Crippen molar-refractivity contribution < 1.29 is 0 Å². The van der Waals surface area contributed by atoms with Gasteiger partial charge in [-0.1, -0.05) is 46.4 Å². The Hall–Kier alpha value is -1.04. The van der Waals surface area contributed by atoms with E-state index in [2.05, 4.69) is 46.4 Å². The Morgan fingerprint density at radius 1 is 1.12 bits per heavy atom. The van der Waals surface area contributed by atoms with Crippen molar-refractivity contribution in [2.75, 3.05) is 0 Å². The topological polar surface area (TPSA) is 0 Å². The van der Waals surface area contributed by atoms with Crippen LogP contribution >= 0.6 is 0 Å². The number of aryl methyl sites for hydroxylation is 2. The smallest absolute Gasteiger partial charge is 0.0151 e. The summed E-state index contributed by atoms with van der Waals surface area (Å²) < 4.78 is 0. The molecule has 1 unspecified atom stereocenters. The molecule has 0 aliphatic rings. The minimum absolute atomic E-state index is 0. The minimum Gasteiger partial charge on any atom is -0.103 e. The van der Waals surface area contributed by atoms with E-state index in [0.29, 0.717) is 5.92 Å². The molecule has 0 saturated heterocycles. The molecule has 1 rings (SSSR count). The van der Waals surface area contributed by atoms with Gasteiger partial charge in [-0.15, -0.1) is 6.58 Å². The van der Waals surface area contributed by atoms with Crippen molar-refractivity contribution in [2.45, 2.75) is 61.3 Å². The fraction of sp³-hybridized carbons (Fsp3) is 0.529. The van der Waals surface area contributed by atoms with Crippen molar-refractivity contribution in [2.24, 2.45) is 0 Å². The fourth-order valence-corrected chi connectivity index (χ4v) is 2.10. The Kier molecular flexibility index (Phi) is 9.74. The summed E-state index contributed by atoms with van der Waals surface area (Å²) in [4.78, 5) is 0.